The number of carbonyl (C=O) groups is 2. The van der Waals surface area contributed by atoms with Gasteiger partial charge in [-0.05, 0) is 18.4 Å². The lowest BCUT2D eigenvalue weighted by atomic mass is 10.1. The molecule has 0 saturated carbocycles. The van der Waals surface area contributed by atoms with Crippen LogP contribution in [-0.4, -0.2) is 29.9 Å². The Labute approximate surface area is 143 Å². The van der Waals surface area contributed by atoms with Crippen molar-refractivity contribution < 1.29 is 9.59 Å². The number of thioether (sulfide) groups is 1. The zero-order valence-corrected chi connectivity index (χ0v) is 14.6. The van der Waals surface area contributed by atoms with Crippen molar-refractivity contribution >= 4 is 28.5 Å². The van der Waals surface area contributed by atoms with Crippen molar-refractivity contribution in [3.8, 4) is 0 Å². The predicted molar refractivity (Wildman–Crippen MR) is 98.1 cm³/mol. The minimum absolute atomic E-state index is 0.0234. The summed E-state index contributed by atoms with van der Waals surface area (Å²) in [5.74, 6) is 0.159. The first kappa shape index (κ1) is 19.3. The molecule has 1 aromatic carbocycles. The van der Waals surface area contributed by atoms with E-state index in [4.69, 9.17) is 0 Å². The Kier molecular flexibility index (Phi) is 9.87. The lowest BCUT2D eigenvalue weighted by Gasteiger charge is -2.09. The van der Waals surface area contributed by atoms with E-state index < -0.39 is 0 Å². The summed E-state index contributed by atoms with van der Waals surface area (Å²) in [5, 5.41) is 6.14. The second kappa shape index (κ2) is 11.8. The molecule has 0 aliphatic carbocycles. The summed E-state index contributed by atoms with van der Waals surface area (Å²) in [4.78, 5) is 22.1. The van der Waals surface area contributed by atoms with Crippen LogP contribution in [0.3, 0.4) is 0 Å². The fourth-order valence-corrected chi connectivity index (χ4v) is 2.47. The van der Waals surface area contributed by atoms with Crippen molar-refractivity contribution in [2.75, 3.05) is 18.8 Å². The molecule has 0 atom stereocenters. The van der Waals surface area contributed by atoms with Crippen LogP contribution in [0.25, 0.3) is 5.70 Å². The monoisotopic (exact) mass is 334 g/mol. The highest BCUT2D eigenvalue weighted by Gasteiger charge is 2.02. The molecule has 0 spiro atoms. The minimum atomic E-state index is -0.0639. The highest BCUT2D eigenvalue weighted by atomic mass is 32.2. The summed E-state index contributed by atoms with van der Waals surface area (Å²) < 4.78 is 0. The molecule has 2 N–H and O–H groups in total. The number of carbonyl (C=O) groups excluding carboxylic acids is 2. The maximum absolute atomic E-state index is 11.4. The van der Waals surface area contributed by atoms with Crippen LogP contribution in [0.1, 0.15) is 38.2 Å². The Hall–Kier alpha value is -1.75. The van der Waals surface area contributed by atoms with Crippen molar-refractivity contribution in [3.63, 3.8) is 0 Å². The van der Waals surface area contributed by atoms with Gasteiger partial charge in [0.1, 0.15) is 0 Å². The first-order valence-corrected chi connectivity index (χ1v) is 8.96. The second-order valence-corrected chi connectivity index (χ2v) is 6.47. The molecule has 4 nitrogen and oxygen atoms in total. The Morgan fingerprint density at radius 3 is 2.22 bits per heavy atom. The number of hydrogen-bond donors (Lipinski definition) is 2. The Morgan fingerprint density at radius 1 is 1.00 bits per heavy atom. The van der Waals surface area contributed by atoms with Crippen LogP contribution < -0.4 is 10.6 Å². The van der Waals surface area contributed by atoms with Crippen molar-refractivity contribution in [2.24, 2.45) is 0 Å². The smallest absolute Gasteiger partial charge is 0.230 e. The molecule has 0 aromatic heterocycles. The number of nitrogens with one attached hydrogen (secondary N) is 2. The molecule has 0 saturated heterocycles. The van der Waals surface area contributed by atoms with Gasteiger partial charge in [0.15, 0.2) is 5.12 Å². The van der Waals surface area contributed by atoms with Crippen molar-refractivity contribution in [1.82, 2.24) is 10.6 Å². The summed E-state index contributed by atoms with van der Waals surface area (Å²) in [5.41, 5.74) is 2.08. The largest absolute Gasteiger partial charge is 0.385 e. The standard InChI is InChI=1S/C18H26N2O2S/c1-15(17-10-6-5-7-11-17)19-12-8-3-4-9-13-20-18(22)14-23-16(2)21/h5-7,10-11,19H,1,3-4,8-9,12-14H2,2H3,(H,20,22). The molecule has 0 fully saturated rings. The predicted octanol–water partition coefficient (Wildman–Crippen LogP) is 3.20. The molecular formula is C18H26N2O2S. The molecule has 23 heavy (non-hydrogen) atoms. The van der Waals surface area contributed by atoms with Crippen molar-refractivity contribution in [1.29, 1.82) is 0 Å². The van der Waals surface area contributed by atoms with Gasteiger partial charge in [0.05, 0.1) is 5.75 Å². The van der Waals surface area contributed by atoms with Crippen LogP contribution in [0.4, 0.5) is 0 Å². The fourth-order valence-electron chi connectivity index (χ4n) is 2.03. The van der Waals surface area contributed by atoms with E-state index >= 15 is 0 Å². The van der Waals surface area contributed by atoms with Crippen molar-refractivity contribution in [3.05, 3.63) is 42.5 Å². The van der Waals surface area contributed by atoms with Gasteiger partial charge in [-0.3, -0.25) is 9.59 Å². The van der Waals surface area contributed by atoms with E-state index in [1.165, 1.54) is 6.92 Å². The van der Waals surface area contributed by atoms with E-state index in [0.717, 1.165) is 55.3 Å². The maximum atomic E-state index is 11.4. The molecule has 0 heterocycles. The molecule has 1 aromatic rings. The number of hydrogen-bond acceptors (Lipinski definition) is 4. The van der Waals surface area contributed by atoms with Gasteiger partial charge >= 0.3 is 0 Å². The van der Waals surface area contributed by atoms with Gasteiger partial charge in [0, 0.05) is 25.7 Å². The second-order valence-electron chi connectivity index (χ2n) is 5.32. The highest BCUT2D eigenvalue weighted by molar-refractivity contribution is 8.14. The first-order valence-electron chi connectivity index (χ1n) is 7.98. The van der Waals surface area contributed by atoms with Crippen LogP contribution in [0, 0.1) is 0 Å². The molecule has 1 amide bonds. The summed E-state index contributed by atoms with van der Waals surface area (Å²) in [6.07, 6.45) is 4.25. The quantitative estimate of drug-likeness (QED) is 0.610. The molecule has 0 aliphatic heterocycles. The van der Waals surface area contributed by atoms with Gasteiger partial charge in [0.2, 0.25) is 5.91 Å². The van der Waals surface area contributed by atoms with E-state index in [1.54, 1.807) is 0 Å². The number of benzene rings is 1. The first-order chi connectivity index (χ1) is 11.1. The van der Waals surface area contributed by atoms with Gasteiger partial charge in [0.25, 0.3) is 0 Å². The minimum Gasteiger partial charge on any atom is -0.385 e. The summed E-state index contributed by atoms with van der Waals surface area (Å²) in [7, 11) is 0. The molecule has 0 radical (unpaired) electrons. The summed E-state index contributed by atoms with van der Waals surface area (Å²) in [6.45, 7) is 7.10. The molecule has 126 valence electrons. The SMILES string of the molecule is C=C(NCCCCCCNC(=O)CSC(C)=O)c1ccccc1. The number of amides is 1. The third-order valence-corrected chi connectivity index (χ3v) is 4.11. The number of unbranched alkanes of at least 4 members (excludes halogenated alkanes) is 3. The van der Waals surface area contributed by atoms with Gasteiger partial charge in [-0.2, -0.15) is 0 Å². The summed E-state index contributed by atoms with van der Waals surface area (Å²) >= 11 is 1.05. The van der Waals surface area contributed by atoms with Crippen LogP contribution in [0.5, 0.6) is 0 Å². The maximum Gasteiger partial charge on any atom is 0.230 e. The van der Waals surface area contributed by atoms with Crippen LogP contribution in [0.15, 0.2) is 36.9 Å². The Balaban J connectivity index is 1.95. The fraction of sp³-hybridized carbons (Fsp3) is 0.444. The molecule has 0 aliphatic rings. The molecule has 5 heteroatoms. The van der Waals surface area contributed by atoms with E-state index in [-0.39, 0.29) is 16.8 Å². The molecular weight excluding hydrogens is 308 g/mol. The zero-order valence-electron chi connectivity index (χ0n) is 13.8. The van der Waals surface area contributed by atoms with Gasteiger partial charge < -0.3 is 10.6 Å². The van der Waals surface area contributed by atoms with Crippen molar-refractivity contribution in [2.45, 2.75) is 32.6 Å². The van der Waals surface area contributed by atoms with Crippen LogP contribution in [0.2, 0.25) is 0 Å². The summed E-state index contributed by atoms with van der Waals surface area (Å²) in [6, 6.07) is 10.1. The average molecular weight is 334 g/mol. The third kappa shape index (κ3) is 9.79. The lowest BCUT2D eigenvalue weighted by molar-refractivity contribution is -0.118. The van der Waals surface area contributed by atoms with Gasteiger partial charge in [-0.15, -0.1) is 0 Å². The van der Waals surface area contributed by atoms with Crippen LogP contribution in [-0.2, 0) is 9.59 Å². The highest BCUT2D eigenvalue weighted by Crippen LogP contribution is 2.08. The van der Waals surface area contributed by atoms with E-state index in [0.29, 0.717) is 6.54 Å². The van der Waals surface area contributed by atoms with E-state index in [9.17, 15) is 9.59 Å². The van der Waals surface area contributed by atoms with Gasteiger partial charge in [-0.1, -0.05) is 61.5 Å². The Bertz CT molecular complexity index is 503. The molecule has 1 rings (SSSR count). The zero-order chi connectivity index (χ0) is 16.9. The van der Waals surface area contributed by atoms with Crippen LogP contribution >= 0.6 is 11.8 Å². The van der Waals surface area contributed by atoms with Gasteiger partial charge in [-0.25, -0.2) is 0 Å². The Morgan fingerprint density at radius 2 is 1.61 bits per heavy atom. The molecule has 0 unspecified atom stereocenters. The van der Waals surface area contributed by atoms with E-state index in [2.05, 4.69) is 17.2 Å². The third-order valence-electron chi connectivity index (χ3n) is 3.29. The number of rotatable bonds is 11. The lowest BCUT2D eigenvalue weighted by Crippen LogP contribution is -2.26. The normalized spacial score (nSPS) is 10.1. The molecule has 0 bridgehead atoms. The topological polar surface area (TPSA) is 58.2 Å². The average Bonchev–Trinajstić information content (AvgIpc) is 2.56. The van der Waals surface area contributed by atoms with E-state index in [1.807, 2.05) is 30.3 Å².